The lowest BCUT2D eigenvalue weighted by Gasteiger charge is -2.24. The molecule has 1 rings (SSSR count). The third kappa shape index (κ3) is 2.89. The van der Waals surface area contributed by atoms with Crippen LogP contribution in [0.25, 0.3) is 0 Å². The summed E-state index contributed by atoms with van der Waals surface area (Å²) in [7, 11) is 1.71. The maximum Gasteiger partial charge on any atom is 0.409 e. The van der Waals surface area contributed by atoms with Crippen molar-refractivity contribution in [2.24, 2.45) is 0 Å². The first kappa shape index (κ1) is 12.4. The van der Waals surface area contributed by atoms with Crippen molar-refractivity contribution >= 4 is 11.8 Å². The summed E-state index contributed by atoms with van der Waals surface area (Å²) in [5.41, 5.74) is 7.39. The molecular formula is C12H18N2O2. The SMILES string of the molecule is CCOC(=O)N(C)C(C)c1cccc(N)c1. The predicted octanol–water partition coefficient (Wildman–Crippen LogP) is 2.42. The molecular weight excluding hydrogens is 204 g/mol. The van der Waals surface area contributed by atoms with Gasteiger partial charge in [-0.25, -0.2) is 4.79 Å². The zero-order valence-corrected chi connectivity index (χ0v) is 9.93. The molecule has 0 aliphatic carbocycles. The number of anilines is 1. The fourth-order valence-corrected chi connectivity index (χ4v) is 1.43. The van der Waals surface area contributed by atoms with Crippen LogP contribution in [0.2, 0.25) is 0 Å². The van der Waals surface area contributed by atoms with Crippen LogP contribution in [-0.2, 0) is 4.74 Å². The molecule has 0 aromatic heterocycles. The summed E-state index contributed by atoms with van der Waals surface area (Å²) in [6, 6.07) is 7.44. The van der Waals surface area contributed by atoms with Crippen LogP contribution in [0.3, 0.4) is 0 Å². The van der Waals surface area contributed by atoms with Gasteiger partial charge in [-0.2, -0.15) is 0 Å². The Morgan fingerprint density at radius 3 is 2.81 bits per heavy atom. The molecule has 1 aromatic rings. The highest BCUT2D eigenvalue weighted by molar-refractivity contribution is 5.68. The number of ether oxygens (including phenoxy) is 1. The molecule has 1 unspecified atom stereocenters. The minimum absolute atomic E-state index is 0.0532. The number of amides is 1. The van der Waals surface area contributed by atoms with Gasteiger partial charge in [0.05, 0.1) is 12.6 Å². The number of hydrogen-bond acceptors (Lipinski definition) is 3. The fourth-order valence-electron chi connectivity index (χ4n) is 1.43. The van der Waals surface area contributed by atoms with E-state index in [-0.39, 0.29) is 12.1 Å². The molecule has 0 radical (unpaired) electrons. The summed E-state index contributed by atoms with van der Waals surface area (Å²) < 4.78 is 4.93. The van der Waals surface area contributed by atoms with Crippen LogP contribution in [0, 0.1) is 0 Å². The standard InChI is InChI=1S/C12H18N2O2/c1-4-16-12(15)14(3)9(2)10-6-5-7-11(13)8-10/h5-9H,4,13H2,1-3H3. The fraction of sp³-hybridized carbons (Fsp3) is 0.417. The first-order chi connectivity index (χ1) is 7.56. The number of hydrogen-bond donors (Lipinski definition) is 1. The van der Waals surface area contributed by atoms with Crippen LogP contribution in [0.15, 0.2) is 24.3 Å². The Morgan fingerprint density at radius 2 is 2.25 bits per heavy atom. The van der Waals surface area contributed by atoms with Gasteiger partial charge in [-0.15, -0.1) is 0 Å². The summed E-state index contributed by atoms with van der Waals surface area (Å²) in [5.74, 6) is 0. The molecule has 0 saturated heterocycles. The third-order valence-electron chi connectivity index (χ3n) is 2.53. The van der Waals surface area contributed by atoms with Gasteiger partial charge in [0, 0.05) is 12.7 Å². The zero-order chi connectivity index (χ0) is 12.1. The first-order valence-electron chi connectivity index (χ1n) is 5.31. The number of carbonyl (C=O) groups excluding carboxylic acids is 1. The Balaban J connectivity index is 2.77. The Hall–Kier alpha value is -1.71. The Morgan fingerprint density at radius 1 is 1.56 bits per heavy atom. The largest absolute Gasteiger partial charge is 0.450 e. The molecule has 2 N–H and O–H groups in total. The van der Waals surface area contributed by atoms with E-state index in [9.17, 15) is 4.79 Å². The summed E-state index contributed by atoms with van der Waals surface area (Å²) >= 11 is 0. The highest BCUT2D eigenvalue weighted by Gasteiger charge is 2.17. The second kappa shape index (κ2) is 5.39. The van der Waals surface area contributed by atoms with E-state index in [4.69, 9.17) is 10.5 Å². The number of nitrogens with zero attached hydrogens (tertiary/aromatic N) is 1. The van der Waals surface area contributed by atoms with Crippen LogP contribution >= 0.6 is 0 Å². The van der Waals surface area contributed by atoms with E-state index < -0.39 is 0 Å². The summed E-state index contributed by atoms with van der Waals surface area (Å²) in [6.07, 6.45) is -0.322. The van der Waals surface area contributed by atoms with Crippen LogP contribution in [0.4, 0.5) is 10.5 Å². The summed E-state index contributed by atoms with van der Waals surface area (Å²) in [5, 5.41) is 0. The number of nitrogen functional groups attached to an aromatic ring is 1. The number of carbonyl (C=O) groups is 1. The Labute approximate surface area is 96.0 Å². The molecule has 0 aliphatic heterocycles. The van der Waals surface area contributed by atoms with Gasteiger partial charge in [0.1, 0.15) is 0 Å². The zero-order valence-electron chi connectivity index (χ0n) is 9.93. The second-order valence-corrected chi connectivity index (χ2v) is 3.66. The number of nitrogens with two attached hydrogens (primary N) is 1. The van der Waals surface area contributed by atoms with Gasteiger partial charge in [0.15, 0.2) is 0 Å². The molecule has 0 heterocycles. The molecule has 88 valence electrons. The molecule has 16 heavy (non-hydrogen) atoms. The van der Waals surface area contributed by atoms with Crippen molar-refractivity contribution in [2.75, 3.05) is 19.4 Å². The van der Waals surface area contributed by atoms with Crippen molar-refractivity contribution in [3.8, 4) is 0 Å². The Bertz CT molecular complexity index is 366. The average molecular weight is 222 g/mol. The number of benzene rings is 1. The van der Waals surface area contributed by atoms with E-state index >= 15 is 0 Å². The minimum Gasteiger partial charge on any atom is -0.450 e. The van der Waals surface area contributed by atoms with Crippen LogP contribution in [0.1, 0.15) is 25.5 Å². The van der Waals surface area contributed by atoms with E-state index in [0.29, 0.717) is 12.3 Å². The molecule has 0 fully saturated rings. The van der Waals surface area contributed by atoms with Crippen LogP contribution < -0.4 is 5.73 Å². The molecule has 0 aliphatic rings. The molecule has 4 heteroatoms. The highest BCUT2D eigenvalue weighted by atomic mass is 16.6. The van der Waals surface area contributed by atoms with Gasteiger partial charge >= 0.3 is 6.09 Å². The quantitative estimate of drug-likeness (QED) is 0.799. The van der Waals surface area contributed by atoms with Crippen LogP contribution in [-0.4, -0.2) is 24.6 Å². The topological polar surface area (TPSA) is 55.6 Å². The van der Waals surface area contributed by atoms with E-state index in [1.807, 2.05) is 31.2 Å². The van der Waals surface area contributed by atoms with Crippen molar-refractivity contribution in [1.29, 1.82) is 0 Å². The van der Waals surface area contributed by atoms with E-state index in [1.54, 1.807) is 18.9 Å². The molecule has 0 spiro atoms. The van der Waals surface area contributed by atoms with E-state index in [2.05, 4.69) is 0 Å². The maximum atomic E-state index is 11.5. The molecule has 4 nitrogen and oxygen atoms in total. The van der Waals surface area contributed by atoms with Gasteiger partial charge in [0.2, 0.25) is 0 Å². The molecule has 0 bridgehead atoms. The highest BCUT2D eigenvalue weighted by Crippen LogP contribution is 2.21. The van der Waals surface area contributed by atoms with Crippen molar-refractivity contribution in [2.45, 2.75) is 19.9 Å². The van der Waals surface area contributed by atoms with Crippen molar-refractivity contribution in [3.05, 3.63) is 29.8 Å². The van der Waals surface area contributed by atoms with Gasteiger partial charge in [-0.1, -0.05) is 12.1 Å². The van der Waals surface area contributed by atoms with E-state index in [1.165, 1.54) is 0 Å². The minimum atomic E-state index is -0.322. The monoisotopic (exact) mass is 222 g/mol. The van der Waals surface area contributed by atoms with Gasteiger partial charge in [0.25, 0.3) is 0 Å². The van der Waals surface area contributed by atoms with Crippen molar-refractivity contribution < 1.29 is 9.53 Å². The smallest absolute Gasteiger partial charge is 0.409 e. The number of rotatable bonds is 3. The summed E-state index contributed by atoms with van der Waals surface area (Å²) in [4.78, 5) is 13.1. The summed E-state index contributed by atoms with van der Waals surface area (Å²) in [6.45, 7) is 4.11. The molecule has 1 aromatic carbocycles. The Kier molecular flexibility index (Phi) is 4.17. The molecule has 0 saturated carbocycles. The van der Waals surface area contributed by atoms with Gasteiger partial charge in [-0.05, 0) is 31.5 Å². The third-order valence-corrected chi connectivity index (χ3v) is 2.53. The average Bonchev–Trinajstić information content (AvgIpc) is 2.27. The van der Waals surface area contributed by atoms with Crippen molar-refractivity contribution in [3.63, 3.8) is 0 Å². The normalized spacial score (nSPS) is 11.9. The molecule has 1 amide bonds. The maximum absolute atomic E-state index is 11.5. The van der Waals surface area contributed by atoms with E-state index in [0.717, 1.165) is 5.56 Å². The second-order valence-electron chi connectivity index (χ2n) is 3.66. The first-order valence-corrected chi connectivity index (χ1v) is 5.31. The lowest BCUT2D eigenvalue weighted by molar-refractivity contribution is 0.104. The predicted molar refractivity (Wildman–Crippen MR) is 64.1 cm³/mol. The molecule has 1 atom stereocenters. The lowest BCUT2D eigenvalue weighted by Crippen LogP contribution is -2.30. The van der Waals surface area contributed by atoms with Gasteiger partial charge < -0.3 is 15.4 Å². The van der Waals surface area contributed by atoms with Gasteiger partial charge in [-0.3, -0.25) is 0 Å². The van der Waals surface area contributed by atoms with Crippen LogP contribution in [0.5, 0.6) is 0 Å². The lowest BCUT2D eigenvalue weighted by atomic mass is 10.1. The van der Waals surface area contributed by atoms with Crippen molar-refractivity contribution in [1.82, 2.24) is 4.90 Å².